The van der Waals surface area contributed by atoms with E-state index in [1.165, 1.54) is 0 Å². The van der Waals surface area contributed by atoms with E-state index < -0.39 is 36.4 Å². The molecule has 0 rings (SSSR count). The molecule has 0 aromatic heterocycles. The number of aliphatic hydroxyl groups is 1. The van der Waals surface area contributed by atoms with Crippen LogP contribution < -0.4 is 0 Å². The van der Waals surface area contributed by atoms with Gasteiger partial charge in [0.15, 0.2) is 5.60 Å². The first-order valence-corrected chi connectivity index (χ1v) is 3.17. The topological polar surface area (TPSA) is 258 Å². The smallest absolute Gasteiger partial charge is 0.336 e. The van der Waals surface area contributed by atoms with Crippen molar-refractivity contribution >= 4 is 131 Å². The number of carbonyl (C=O) groups is 3. The second kappa shape index (κ2) is 23.3. The third-order valence-corrected chi connectivity index (χ3v) is 1.29. The summed E-state index contributed by atoms with van der Waals surface area (Å²) in [5.41, 5.74) is -2.74. The Bertz CT molecular complexity index is 243. The first-order chi connectivity index (χ1) is 5.78. The van der Waals surface area contributed by atoms with Crippen molar-refractivity contribution in [3.63, 3.8) is 0 Å². The van der Waals surface area contributed by atoms with Gasteiger partial charge in [-0.05, 0) is 0 Å². The summed E-state index contributed by atoms with van der Waals surface area (Å²) in [6.45, 7) is 0. The Morgan fingerprint density at radius 3 is 1.00 bits per heavy atom. The second-order valence-electron chi connectivity index (χ2n) is 2.48. The number of carboxylic acid groups (broad SMARTS) is 3. The normalized spacial score (nSPS) is 7.05. The van der Waals surface area contributed by atoms with Gasteiger partial charge >= 0.3 is 17.9 Å². The van der Waals surface area contributed by atoms with Gasteiger partial charge < -0.3 is 42.3 Å². The Labute approximate surface area is 202 Å². The molecule has 0 aliphatic carbocycles. The van der Waals surface area contributed by atoms with Crippen molar-refractivity contribution in [2.24, 2.45) is 0 Å². The van der Waals surface area contributed by atoms with Gasteiger partial charge in [0.1, 0.15) is 0 Å². The van der Waals surface area contributed by atoms with Crippen LogP contribution in [0.4, 0.5) is 0 Å². The largest absolute Gasteiger partial charge is 0.481 e. The van der Waals surface area contributed by atoms with Crippen LogP contribution in [0, 0.1) is 0 Å². The Morgan fingerprint density at radius 1 is 0.700 bits per heavy atom. The van der Waals surface area contributed by atoms with Crippen LogP contribution in [0.2, 0.25) is 0 Å². The number of carboxylic acids is 3. The maximum absolute atomic E-state index is 10.3. The predicted octanol–water partition coefficient (Wildman–Crippen LogP) is -5.69. The average Bonchev–Trinajstić information content (AvgIpc) is 1.82. The van der Waals surface area contributed by atoms with Crippen LogP contribution in [-0.4, -0.2) is 179 Å². The molecule has 0 aliphatic heterocycles. The molecule has 0 aromatic carbocycles. The van der Waals surface area contributed by atoms with Crippen LogP contribution in [-0.2, 0) is 14.4 Å². The number of rotatable bonds is 5. The molecular formula is C6H16Ca3O11. The van der Waals surface area contributed by atoms with Crippen molar-refractivity contribution < 1.29 is 56.7 Å². The molecule has 12 N–H and O–H groups in total. The maximum Gasteiger partial charge on any atom is 0.336 e. The molecule has 0 aliphatic rings. The van der Waals surface area contributed by atoms with Crippen molar-refractivity contribution in [3.05, 3.63) is 0 Å². The van der Waals surface area contributed by atoms with E-state index in [9.17, 15) is 14.4 Å². The first kappa shape index (κ1) is 49.5. The molecule has 112 valence electrons. The number of hydrogen-bond donors (Lipinski definition) is 4. The molecule has 0 spiro atoms. The van der Waals surface area contributed by atoms with E-state index in [1.807, 2.05) is 0 Å². The summed E-state index contributed by atoms with van der Waals surface area (Å²) in [4.78, 5) is 30.5. The van der Waals surface area contributed by atoms with Gasteiger partial charge in [-0.2, -0.15) is 0 Å². The second-order valence-corrected chi connectivity index (χ2v) is 2.48. The van der Waals surface area contributed by atoms with Gasteiger partial charge in [-0.3, -0.25) is 9.59 Å². The molecule has 14 heteroatoms. The molecule has 0 atom stereocenters. The van der Waals surface area contributed by atoms with Crippen LogP contribution in [0.3, 0.4) is 0 Å². The van der Waals surface area contributed by atoms with Crippen molar-refractivity contribution in [3.8, 4) is 0 Å². The summed E-state index contributed by atoms with van der Waals surface area (Å²) >= 11 is 0. The van der Waals surface area contributed by atoms with E-state index >= 15 is 0 Å². The maximum atomic E-state index is 10.3. The Morgan fingerprint density at radius 2 is 0.900 bits per heavy atom. The molecule has 11 nitrogen and oxygen atoms in total. The number of hydrogen-bond acceptors (Lipinski definition) is 4. The van der Waals surface area contributed by atoms with Gasteiger partial charge in [0.25, 0.3) is 0 Å². The molecule has 0 bridgehead atoms. The van der Waals surface area contributed by atoms with Gasteiger partial charge in [0.05, 0.1) is 12.8 Å². The summed E-state index contributed by atoms with van der Waals surface area (Å²) in [6, 6.07) is 0. The third kappa shape index (κ3) is 22.3. The number of aliphatic carboxylic acids is 3. The quantitative estimate of drug-likeness (QED) is 0.333. The fraction of sp³-hybridized carbons (Fsp3) is 0.500. The van der Waals surface area contributed by atoms with E-state index in [2.05, 4.69) is 0 Å². The fourth-order valence-electron chi connectivity index (χ4n) is 0.714. The first-order valence-electron chi connectivity index (χ1n) is 3.17. The van der Waals surface area contributed by atoms with Gasteiger partial charge in [0.2, 0.25) is 0 Å². The minimum absolute atomic E-state index is 0. The summed E-state index contributed by atoms with van der Waals surface area (Å²) in [7, 11) is 0. The summed E-state index contributed by atoms with van der Waals surface area (Å²) < 4.78 is 0. The summed E-state index contributed by atoms with van der Waals surface area (Å²) in [5.74, 6) is -5.02. The minimum atomic E-state index is -2.74. The van der Waals surface area contributed by atoms with Crippen molar-refractivity contribution in [1.29, 1.82) is 0 Å². The van der Waals surface area contributed by atoms with E-state index in [4.69, 9.17) is 20.4 Å². The SMILES string of the molecule is O.O.O.O.O=C(O)CC(O)(CC(=O)O)C(=O)O.[Ca].[Ca].[Ca]. The molecule has 6 radical (unpaired) electrons. The molecular weight excluding hydrogens is 368 g/mol. The monoisotopic (exact) mass is 384 g/mol. The fourth-order valence-corrected chi connectivity index (χ4v) is 0.714. The van der Waals surface area contributed by atoms with Gasteiger partial charge in [-0.1, -0.05) is 0 Å². The van der Waals surface area contributed by atoms with Gasteiger partial charge in [-0.15, -0.1) is 0 Å². The Balaban J connectivity index is -0.0000000343. The van der Waals surface area contributed by atoms with Crippen LogP contribution in [0.1, 0.15) is 12.8 Å². The van der Waals surface area contributed by atoms with E-state index in [1.54, 1.807) is 0 Å². The van der Waals surface area contributed by atoms with Crippen molar-refractivity contribution in [2.45, 2.75) is 18.4 Å². The van der Waals surface area contributed by atoms with Crippen LogP contribution in [0.15, 0.2) is 0 Å². The minimum Gasteiger partial charge on any atom is -0.481 e. The van der Waals surface area contributed by atoms with Crippen LogP contribution in [0.5, 0.6) is 0 Å². The Hall–Kier alpha value is 1.99. The molecule has 0 amide bonds. The predicted molar refractivity (Wildman–Crippen MR) is 68.8 cm³/mol. The molecule has 0 fully saturated rings. The van der Waals surface area contributed by atoms with E-state index in [0.717, 1.165) is 0 Å². The molecule has 20 heavy (non-hydrogen) atoms. The third-order valence-electron chi connectivity index (χ3n) is 1.29. The standard InChI is InChI=1S/C6H8O7.3Ca.4H2O/c7-3(8)1-6(13,5(11)12)2-4(9)10;;;;;;;/h13H,1-2H2,(H,7,8)(H,9,10)(H,11,12);;;;4*1H2. The zero-order valence-corrected chi connectivity index (χ0v) is 17.2. The molecule has 0 unspecified atom stereocenters. The molecule has 0 aromatic rings. The van der Waals surface area contributed by atoms with E-state index in [-0.39, 0.29) is 135 Å². The zero-order valence-electron chi connectivity index (χ0n) is 10.5. The summed E-state index contributed by atoms with van der Waals surface area (Å²) in [5, 5.41) is 33.8. The van der Waals surface area contributed by atoms with E-state index in [0.29, 0.717) is 0 Å². The van der Waals surface area contributed by atoms with Gasteiger partial charge in [0, 0.05) is 113 Å². The Kier molecular flexibility index (Phi) is 57.6. The molecule has 0 saturated heterocycles. The van der Waals surface area contributed by atoms with Crippen LogP contribution >= 0.6 is 0 Å². The zero-order chi connectivity index (χ0) is 10.6. The van der Waals surface area contributed by atoms with Crippen LogP contribution in [0.25, 0.3) is 0 Å². The summed E-state index contributed by atoms with van der Waals surface area (Å²) in [6.07, 6.45) is -2.29. The average molecular weight is 384 g/mol. The van der Waals surface area contributed by atoms with Gasteiger partial charge in [-0.25, -0.2) is 4.79 Å². The molecule has 0 heterocycles. The van der Waals surface area contributed by atoms with Crippen molar-refractivity contribution in [1.82, 2.24) is 0 Å². The molecule has 0 saturated carbocycles. The van der Waals surface area contributed by atoms with Crippen molar-refractivity contribution in [2.75, 3.05) is 0 Å².